The molecule has 0 saturated carbocycles. The van der Waals surface area contributed by atoms with Crippen LogP contribution >= 0.6 is 0 Å². The second-order valence-corrected chi connectivity index (χ2v) is 7.39. The van der Waals surface area contributed by atoms with E-state index in [4.69, 9.17) is 0 Å². The first-order valence-corrected chi connectivity index (χ1v) is 7.68. The van der Waals surface area contributed by atoms with Crippen molar-refractivity contribution >= 4 is 12.0 Å². The molecule has 0 bridgehead atoms. The molecular weight excluding hydrogens is 268 g/mol. The molecule has 0 rings (SSSR count). The van der Waals surface area contributed by atoms with Gasteiger partial charge in [-0.05, 0) is 38.5 Å². The van der Waals surface area contributed by atoms with Gasteiger partial charge in [-0.15, -0.1) is 0 Å². The average Bonchev–Trinajstić information content (AvgIpc) is 2.29. The third-order valence-corrected chi connectivity index (χ3v) is 3.00. The van der Waals surface area contributed by atoms with Crippen LogP contribution in [-0.2, 0) is 9.53 Å². The van der Waals surface area contributed by atoms with E-state index < -0.39 is 0 Å². The monoisotopic (exact) mass is 300 g/mol. The largest absolute Gasteiger partial charge is 0.469 e. The Hall–Kier alpha value is -1.26. The van der Waals surface area contributed by atoms with Gasteiger partial charge in [0.25, 0.3) is 0 Å². The molecule has 124 valence electrons. The molecule has 0 unspecified atom stereocenters. The van der Waals surface area contributed by atoms with Crippen LogP contribution in [0, 0.1) is 5.41 Å². The highest BCUT2D eigenvalue weighted by molar-refractivity contribution is 5.74. The zero-order valence-corrected chi connectivity index (χ0v) is 14.5. The van der Waals surface area contributed by atoms with Gasteiger partial charge >= 0.3 is 12.0 Å². The van der Waals surface area contributed by atoms with Crippen LogP contribution in [0.3, 0.4) is 0 Å². The Kier molecular flexibility index (Phi) is 8.37. The van der Waals surface area contributed by atoms with E-state index in [0.717, 1.165) is 25.7 Å². The molecule has 0 aromatic carbocycles. The Morgan fingerprint density at radius 1 is 1.00 bits per heavy atom. The average molecular weight is 300 g/mol. The summed E-state index contributed by atoms with van der Waals surface area (Å²) in [5.41, 5.74) is -0.0577. The van der Waals surface area contributed by atoms with E-state index in [1.54, 1.807) is 0 Å². The molecule has 0 aliphatic rings. The maximum atomic E-state index is 11.8. The smallest absolute Gasteiger partial charge is 0.315 e. The fourth-order valence-electron chi connectivity index (χ4n) is 2.60. The highest BCUT2D eigenvalue weighted by Crippen LogP contribution is 2.26. The fourth-order valence-corrected chi connectivity index (χ4v) is 2.60. The molecule has 0 aromatic rings. The molecule has 21 heavy (non-hydrogen) atoms. The van der Waals surface area contributed by atoms with E-state index in [1.165, 1.54) is 7.11 Å². The molecule has 0 aliphatic heterocycles. The molecule has 0 heterocycles. The van der Waals surface area contributed by atoms with Crippen LogP contribution in [0.2, 0.25) is 0 Å². The van der Waals surface area contributed by atoms with Crippen LogP contribution in [0.25, 0.3) is 0 Å². The molecule has 5 heteroatoms. The number of hydrogen-bond donors (Lipinski definition) is 2. The van der Waals surface area contributed by atoms with E-state index in [0.29, 0.717) is 13.0 Å². The van der Waals surface area contributed by atoms with Gasteiger partial charge in [0.05, 0.1) is 7.11 Å². The molecule has 0 spiro atoms. The number of ether oxygens (including phenoxy) is 1. The second-order valence-electron chi connectivity index (χ2n) is 7.39. The minimum Gasteiger partial charge on any atom is -0.469 e. The van der Waals surface area contributed by atoms with Crippen molar-refractivity contribution in [2.24, 2.45) is 5.41 Å². The molecule has 0 aliphatic carbocycles. The Bertz CT molecular complexity index is 333. The van der Waals surface area contributed by atoms with E-state index >= 15 is 0 Å². The predicted molar refractivity (Wildman–Crippen MR) is 85.2 cm³/mol. The van der Waals surface area contributed by atoms with Crippen molar-refractivity contribution in [3.8, 4) is 0 Å². The Balaban J connectivity index is 3.78. The van der Waals surface area contributed by atoms with Gasteiger partial charge in [0, 0.05) is 18.5 Å². The molecule has 0 atom stereocenters. The lowest BCUT2D eigenvalue weighted by Crippen LogP contribution is -2.50. The van der Waals surface area contributed by atoms with Crippen molar-refractivity contribution in [2.75, 3.05) is 13.7 Å². The summed E-state index contributed by atoms with van der Waals surface area (Å²) in [6.07, 6.45) is 3.92. The Morgan fingerprint density at radius 3 is 2.14 bits per heavy atom. The van der Waals surface area contributed by atoms with Gasteiger partial charge in [-0.3, -0.25) is 4.79 Å². The van der Waals surface area contributed by atoms with Crippen molar-refractivity contribution in [1.29, 1.82) is 0 Å². The third-order valence-electron chi connectivity index (χ3n) is 3.00. The fraction of sp³-hybridized carbons (Fsp3) is 0.875. The summed E-state index contributed by atoms with van der Waals surface area (Å²) in [6.45, 7) is 11.2. The maximum absolute atomic E-state index is 11.8. The van der Waals surface area contributed by atoms with Crippen LogP contribution in [0.1, 0.15) is 66.7 Å². The standard InChI is InChI=1S/C16H32N2O3/c1-15(2,3)12-16(4,5)18-14(20)17-11-9-7-8-10-13(19)21-6/h7-12H2,1-6H3,(H2,17,18,20). The number of carbonyl (C=O) groups excluding carboxylic acids is 2. The molecule has 2 amide bonds. The van der Waals surface area contributed by atoms with Gasteiger partial charge in [0.2, 0.25) is 0 Å². The first-order valence-electron chi connectivity index (χ1n) is 7.68. The van der Waals surface area contributed by atoms with Gasteiger partial charge < -0.3 is 15.4 Å². The lowest BCUT2D eigenvalue weighted by molar-refractivity contribution is -0.140. The maximum Gasteiger partial charge on any atom is 0.315 e. The van der Waals surface area contributed by atoms with Crippen molar-refractivity contribution in [1.82, 2.24) is 10.6 Å². The summed E-state index contributed by atoms with van der Waals surface area (Å²) in [5, 5.41) is 5.87. The highest BCUT2D eigenvalue weighted by Gasteiger charge is 2.26. The number of urea groups is 1. The number of carbonyl (C=O) groups is 2. The number of esters is 1. The molecule has 2 N–H and O–H groups in total. The number of amides is 2. The Morgan fingerprint density at radius 2 is 1.62 bits per heavy atom. The van der Waals surface area contributed by atoms with Crippen LogP contribution in [0.5, 0.6) is 0 Å². The quantitative estimate of drug-likeness (QED) is 0.534. The van der Waals surface area contributed by atoms with Crippen molar-refractivity contribution in [3.05, 3.63) is 0 Å². The minimum absolute atomic E-state index is 0.128. The van der Waals surface area contributed by atoms with Crippen LogP contribution < -0.4 is 10.6 Å². The van der Waals surface area contributed by atoms with Crippen molar-refractivity contribution in [3.63, 3.8) is 0 Å². The number of unbranched alkanes of at least 4 members (excludes halogenated alkanes) is 2. The SMILES string of the molecule is COC(=O)CCCCCNC(=O)NC(C)(C)CC(C)(C)C. The summed E-state index contributed by atoms with van der Waals surface area (Å²) < 4.78 is 4.57. The van der Waals surface area contributed by atoms with E-state index in [9.17, 15) is 9.59 Å². The minimum atomic E-state index is -0.229. The van der Waals surface area contributed by atoms with Crippen molar-refractivity contribution in [2.45, 2.75) is 72.3 Å². The highest BCUT2D eigenvalue weighted by atomic mass is 16.5. The third kappa shape index (κ3) is 12.2. The summed E-state index contributed by atoms with van der Waals surface area (Å²) in [6, 6.07) is -0.128. The number of nitrogens with one attached hydrogen (secondary N) is 2. The normalized spacial score (nSPS) is 11.9. The summed E-state index contributed by atoms with van der Waals surface area (Å²) in [7, 11) is 1.40. The topological polar surface area (TPSA) is 67.4 Å². The van der Waals surface area contributed by atoms with E-state index in [1.807, 2.05) is 13.8 Å². The first kappa shape index (κ1) is 19.7. The zero-order chi connectivity index (χ0) is 16.5. The predicted octanol–water partition coefficient (Wildman–Crippen LogP) is 3.23. The molecule has 5 nitrogen and oxygen atoms in total. The van der Waals surface area contributed by atoms with Gasteiger partial charge in [-0.2, -0.15) is 0 Å². The van der Waals surface area contributed by atoms with Crippen molar-refractivity contribution < 1.29 is 14.3 Å². The van der Waals surface area contributed by atoms with Gasteiger partial charge in [0.15, 0.2) is 0 Å². The summed E-state index contributed by atoms with van der Waals surface area (Å²) in [4.78, 5) is 22.8. The van der Waals surface area contributed by atoms with Crippen LogP contribution in [-0.4, -0.2) is 31.2 Å². The zero-order valence-electron chi connectivity index (χ0n) is 14.5. The first-order chi connectivity index (χ1) is 9.56. The van der Waals surface area contributed by atoms with E-state index in [-0.39, 0.29) is 23.0 Å². The van der Waals surface area contributed by atoms with Gasteiger partial charge in [0.1, 0.15) is 0 Å². The van der Waals surface area contributed by atoms with Crippen LogP contribution in [0.15, 0.2) is 0 Å². The number of methoxy groups -OCH3 is 1. The number of rotatable bonds is 8. The number of hydrogen-bond acceptors (Lipinski definition) is 3. The molecule has 0 saturated heterocycles. The molecule has 0 radical (unpaired) electrons. The van der Waals surface area contributed by atoms with Crippen LogP contribution in [0.4, 0.5) is 4.79 Å². The molecule has 0 fully saturated rings. The lowest BCUT2D eigenvalue weighted by Gasteiger charge is -2.33. The van der Waals surface area contributed by atoms with E-state index in [2.05, 4.69) is 36.1 Å². The lowest BCUT2D eigenvalue weighted by atomic mass is 9.82. The molecular formula is C16H32N2O3. The molecule has 0 aromatic heterocycles. The summed E-state index contributed by atoms with van der Waals surface area (Å²) in [5.74, 6) is -0.176. The van der Waals surface area contributed by atoms with Gasteiger partial charge in [-0.25, -0.2) is 4.79 Å². The Labute approximate surface area is 129 Å². The van der Waals surface area contributed by atoms with Gasteiger partial charge in [-0.1, -0.05) is 27.2 Å². The second kappa shape index (κ2) is 8.90. The summed E-state index contributed by atoms with van der Waals surface area (Å²) >= 11 is 0.